The van der Waals surface area contributed by atoms with Crippen LogP contribution in [0.25, 0.3) is 11.3 Å². The van der Waals surface area contributed by atoms with Gasteiger partial charge in [0.2, 0.25) is 0 Å². The van der Waals surface area contributed by atoms with Gasteiger partial charge < -0.3 is 14.4 Å². The second-order valence-electron chi connectivity index (χ2n) is 9.32. The first kappa shape index (κ1) is 22.9. The summed E-state index contributed by atoms with van der Waals surface area (Å²) in [6.07, 6.45) is 4.89. The number of aromatic nitrogens is 1. The zero-order valence-electron chi connectivity index (χ0n) is 19.8. The summed E-state index contributed by atoms with van der Waals surface area (Å²) in [5.41, 5.74) is 2.89. The number of ether oxygens (including phenoxy) is 1. The first-order valence-electron chi connectivity index (χ1n) is 12.0. The maximum Gasteiger partial charge on any atom is 0.294 e. The molecule has 1 saturated carbocycles. The summed E-state index contributed by atoms with van der Waals surface area (Å²) in [6.45, 7) is 3.85. The summed E-state index contributed by atoms with van der Waals surface area (Å²) in [7, 11) is 0. The lowest BCUT2D eigenvalue weighted by Gasteiger charge is -2.29. The predicted molar refractivity (Wildman–Crippen MR) is 131 cm³/mol. The fraction of sp³-hybridized carbons (Fsp3) is 0.321. The number of hydrogen-bond acceptors (Lipinski definition) is 6. The van der Waals surface area contributed by atoms with Gasteiger partial charge in [-0.15, -0.1) is 0 Å². The number of Topliss-reactive ketones (excluding diaryl/α,β-unsaturated/α-hetero) is 1. The molecule has 0 saturated heterocycles. The van der Waals surface area contributed by atoms with Crippen molar-refractivity contribution in [3.05, 3.63) is 77.8 Å². The van der Waals surface area contributed by atoms with E-state index in [0.717, 1.165) is 31.2 Å². The van der Waals surface area contributed by atoms with Crippen LogP contribution in [-0.2, 0) is 9.59 Å². The van der Waals surface area contributed by atoms with E-state index in [2.05, 4.69) is 5.16 Å². The van der Waals surface area contributed by atoms with E-state index in [1.807, 2.05) is 50.2 Å². The molecule has 35 heavy (non-hydrogen) atoms. The Morgan fingerprint density at radius 3 is 2.46 bits per heavy atom. The zero-order valence-corrected chi connectivity index (χ0v) is 19.8. The van der Waals surface area contributed by atoms with Gasteiger partial charge in [-0.1, -0.05) is 48.3 Å². The Morgan fingerprint density at radius 1 is 1.09 bits per heavy atom. The molecular weight excluding hydrogens is 444 g/mol. The Labute approximate surface area is 204 Å². The quantitative estimate of drug-likeness (QED) is 0.468. The van der Waals surface area contributed by atoms with Crippen molar-refractivity contribution in [1.29, 1.82) is 0 Å². The number of nitrogens with zero attached hydrogens (tertiary/aromatic N) is 2. The van der Waals surface area contributed by atoms with Crippen molar-refractivity contribution in [3.63, 3.8) is 0 Å². The van der Waals surface area contributed by atoms with Gasteiger partial charge in [-0.05, 0) is 44.9 Å². The van der Waals surface area contributed by atoms with Gasteiger partial charge in [0.15, 0.2) is 11.5 Å². The fourth-order valence-corrected chi connectivity index (χ4v) is 5.05. The molecular formula is C28H28N2O5. The zero-order chi connectivity index (χ0) is 24.5. The Kier molecular flexibility index (Phi) is 6.16. The SMILES string of the molecule is CC(C)Oc1ccccc1C1C(C(=O)C2CCCC2)=C(O)C(=O)N1c1ccc(-c2ccon2)cc1. The largest absolute Gasteiger partial charge is 0.503 e. The van der Waals surface area contributed by atoms with E-state index in [1.54, 1.807) is 18.2 Å². The maximum absolute atomic E-state index is 13.7. The third kappa shape index (κ3) is 4.22. The Bertz CT molecular complexity index is 1250. The van der Waals surface area contributed by atoms with E-state index >= 15 is 0 Å². The van der Waals surface area contributed by atoms with Gasteiger partial charge in [-0.3, -0.25) is 14.5 Å². The third-order valence-corrected chi connectivity index (χ3v) is 6.65. The Balaban J connectivity index is 1.61. The maximum atomic E-state index is 13.7. The number of ketones is 1. The van der Waals surface area contributed by atoms with Crippen LogP contribution in [0.1, 0.15) is 51.1 Å². The number of carbonyl (C=O) groups is 2. The topological polar surface area (TPSA) is 92.9 Å². The Hall–Kier alpha value is -3.87. The molecule has 0 spiro atoms. The van der Waals surface area contributed by atoms with Crippen LogP contribution in [0.15, 0.2) is 76.7 Å². The molecule has 180 valence electrons. The van der Waals surface area contributed by atoms with Crippen LogP contribution in [0.5, 0.6) is 5.75 Å². The normalized spacial score (nSPS) is 18.7. The lowest BCUT2D eigenvalue weighted by atomic mass is 9.88. The summed E-state index contributed by atoms with van der Waals surface area (Å²) in [6, 6.07) is 15.6. The predicted octanol–water partition coefficient (Wildman–Crippen LogP) is 5.79. The summed E-state index contributed by atoms with van der Waals surface area (Å²) in [4.78, 5) is 28.6. The van der Waals surface area contributed by atoms with Crippen LogP contribution in [0, 0.1) is 5.92 Å². The van der Waals surface area contributed by atoms with Crippen LogP contribution in [0.3, 0.4) is 0 Å². The average molecular weight is 473 g/mol. The van der Waals surface area contributed by atoms with E-state index in [1.165, 1.54) is 11.2 Å². The number of hydrogen-bond donors (Lipinski definition) is 1. The smallest absolute Gasteiger partial charge is 0.294 e. The minimum Gasteiger partial charge on any atom is -0.503 e. The van der Waals surface area contributed by atoms with Gasteiger partial charge in [-0.2, -0.15) is 0 Å². The number of rotatable bonds is 7. The fourth-order valence-electron chi connectivity index (χ4n) is 5.05. The lowest BCUT2D eigenvalue weighted by molar-refractivity contribution is -0.120. The highest BCUT2D eigenvalue weighted by molar-refractivity contribution is 6.17. The van der Waals surface area contributed by atoms with Gasteiger partial charge in [-0.25, -0.2) is 0 Å². The minimum atomic E-state index is -0.788. The van der Waals surface area contributed by atoms with Crippen molar-refractivity contribution in [2.75, 3.05) is 4.90 Å². The number of amides is 1. The summed E-state index contributed by atoms with van der Waals surface area (Å²) in [5, 5.41) is 15.0. The van der Waals surface area contributed by atoms with Crippen LogP contribution in [-0.4, -0.2) is 28.1 Å². The Morgan fingerprint density at radius 2 is 1.80 bits per heavy atom. The molecule has 1 aliphatic heterocycles. The van der Waals surface area contributed by atoms with Crippen LogP contribution >= 0.6 is 0 Å². The number of para-hydroxylation sites is 1. The van der Waals surface area contributed by atoms with E-state index in [9.17, 15) is 14.7 Å². The molecule has 7 heteroatoms. The first-order valence-corrected chi connectivity index (χ1v) is 12.0. The number of aliphatic hydroxyl groups excluding tert-OH is 1. The highest BCUT2D eigenvalue weighted by Gasteiger charge is 2.47. The summed E-state index contributed by atoms with van der Waals surface area (Å²) in [5.74, 6) is -0.831. The average Bonchev–Trinajstić information content (AvgIpc) is 3.62. The minimum absolute atomic E-state index is 0.102. The molecule has 1 amide bonds. The van der Waals surface area contributed by atoms with Crippen LogP contribution < -0.4 is 9.64 Å². The highest BCUT2D eigenvalue weighted by Crippen LogP contribution is 2.46. The van der Waals surface area contributed by atoms with Crippen molar-refractivity contribution < 1.29 is 24.0 Å². The first-order chi connectivity index (χ1) is 17.0. The van der Waals surface area contributed by atoms with Gasteiger partial charge in [0.05, 0.1) is 17.7 Å². The van der Waals surface area contributed by atoms with Gasteiger partial charge in [0.25, 0.3) is 5.91 Å². The van der Waals surface area contributed by atoms with Crippen LogP contribution in [0.2, 0.25) is 0 Å². The molecule has 5 rings (SSSR count). The standard InChI is InChI=1S/C28H28N2O5/c1-17(2)35-23-10-6-5-9-21(23)25-24(26(31)19-7-3-4-8-19)27(32)28(33)30(25)20-13-11-18(12-14-20)22-15-16-34-29-22/h5-6,9-17,19,25,32H,3-4,7-8H2,1-2H3. The second-order valence-corrected chi connectivity index (χ2v) is 9.32. The van der Waals surface area contributed by atoms with Crippen molar-refractivity contribution in [3.8, 4) is 17.0 Å². The van der Waals surface area contributed by atoms with Crippen LogP contribution in [0.4, 0.5) is 5.69 Å². The van der Waals surface area contributed by atoms with E-state index in [-0.39, 0.29) is 23.4 Å². The molecule has 1 fully saturated rings. The molecule has 1 aliphatic carbocycles. The van der Waals surface area contributed by atoms with Crippen molar-refractivity contribution in [1.82, 2.24) is 5.16 Å². The van der Waals surface area contributed by atoms with E-state index < -0.39 is 17.7 Å². The third-order valence-electron chi connectivity index (χ3n) is 6.65. The summed E-state index contributed by atoms with van der Waals surface area (Å²) >= 11 is 0. The molecule has 1 unspecified atom stereocenters. The van der Waals surface area contributed by atoms with Crippen molar-refractivity contribution in [2.24, 2.45) is 5.92 Å². The van der Waals surface area contributed by atoms with Gasteiger partial charge >= 0.3 is 0 Å². The molecule has 1 aromatic heterocycles. The number of carbonyl (C=O) groups excluding carboxylic acids is 2. The number of benzene rings is 2. The molecule has 0 radical (unpaired) electrons. The van der Waals surface area contributed by atoms with E-state index in [4.69, 9.17) is 9.26 Å². The molecule has 3 aromatic rings. The highest BCUT2D eigenvalue weighted by atomic mass is 16.5. The molecule has 1 N–H and O–H groups in total. The summed E-state index contributed by atoms with van der Waals surface area (Å²) < 4.78 is 11.0. The number of aliphatic hydroxyl groups is 1. The molecule has 7 nitrogen and oxygen atoms in total. The van der Waals surface area contributed by atoms with Gasteiger partial charge in [0, 0.05) is 28.8 Å². The molecule has 0 bridgehead atoms. The molecule has 2 heterocycles. The van der Waals surface area contributed by atoms with E-state index in [0.29, 0.717) is 22.7 Å². The molecule has 2 aliphatic rings. The molecule has 2 aromatic carbocycles. The number of anilines is 1. The van der Waals surface area contributed by atoms with Crippen molar-refractivity contribution in [2.45, 2.75) is 51.7 Å². The monoisotopic (exact) mass is 472 g/mol. The lowest BCUT2D eigenvalue weighted by Crippen LogP contribution is -2.32. The second kappa shape index (κ2) is 9.41. The van der Waals surface area contributed by atoms with Crippen molar-refractivity contribution >= 4 is 17.4 Å². The molecule has 1 atom stereocenters. The van der Waals surface area contributed by atoms with Gasteiger partial charge in [0.1, 0.15) is 17.7 Å².